The predicted molar refractivity (Wildman–Crippen MR) is 194 cm³/mol. The molecule has 4 aliphatic rings. The number of pyridine rings is 1. The molecule has 3 heterocycles. The summed E-state index contributed by atoms with van der Waals surface area (Å²) in [6.07, 6.45) is -6.78. The fourth-order valence-corrected chi connectivity index (χ4v) is 10.1. The van der Waals surface area contributed by atoms with E-state index in [1.807, 2.05) is 12.1 Å². The van der Waals surface area contributed by atoms with Gasteiger partial charge in [-0.05, 0) is 48.1 Å². The molecule has 1 aromatic carbocycles. The molecule has 3 aliphatic carbocycles. The van der Waals surface area contributed by atoms with Crippen molar-refractivity contribution in [3.8, 4) is 5.88 Å². The van der Waals surface area contributed by atoms with Crippen LogP contribution >= 0.6 is 11.3 Å². The van der Waals surface area contributed by atoms with Crippen LogP contribution < -0.4 is 9.30 Å². The quantitative estimate of drug-likeness (QED) is 0.151. The van der Waals surface area contributed by atoms with Crippen molar-refractivity contribution in [2.45, 2.75) is 101 Å². The van der Waals surface area contributed by atoms with Gasteiger partial charge in [-0.1, -0.05) is 51.1 Å². The predicted octanol–water partition coefficient (Wildman–Crippen LogP) is 3.20. The molecule has 0 spiro atoms. The molecule has 7 rings (SSSR count). The number of Topliss-reactive ketones (excluding diaryl/α,β-unsaturated/α-hetero) is 1. The number of nitrogens with zero attached hydrogens (tertiary/aromatic N) is 1. The summed E-state index contributed by atoms with van der Waals surface area (Å²) < 4.78 is 26.6. The highest BCUT2D eigenvalue weighted by Crippen LogP contribution is 2.63. The number of hydrogen-bond donors (Lipinski definition) is 4. The van der Waals surface area contributed by atoms with Gasteiger partial charge >= 0.3 is 17.8 Å². The molecule has 13 heteroatoms. The lowest BCUT2D eigenvalue weighted by molar-refractivity contribution is -0.678. The first-order chi connectivity index (χ1) is 25.5. The summed E-state index contributed by atoms with van der Waals surface area (Å²) in [5.41, 5.74) is -5.96. The second kappa shape index (κ2) is 13.6. The van der Waals surface area contributed by atoms with Gasteiger partial charge in [-0.2, -0.15) is 15.9 Å². The van der Waals surface area contributed by atoms with E-state index >= 15 is 4.79 Å². The Hall–Kier alpha value is -3.98. The van der Waals surface area contributed by atoms with Crippen LogP contribution in [0.2, 0.25) is 0 Å². The van der Waals surface area contributed by atoms with E-state index in [0.717, 1.165) is 0 Å². The van der Waals surface area contributed by atoms with E-state index in [2.05, 4.69) is 0 Å². The number of aliphatic hydroxyl groups is 4. The van der Waals surface area contributed by atoms with Gasteiger partial charge in [0, 0.05) is 41.5 Å². The number of rotatable bonds is 8. The minimum Gasteiger partial charge on any atom is -0.456 e. The van der Waals surface area contributed by atoms with Crippen LogP contribution in [-0.2, 0) is 30.8 Å². The first kappa shape index (κ1) is 38.3. The van der Waals surface area contributed by atoms with Gasteiger partial charge in [0.05, 0.1) is 29.8 Å². The van der Waals surface area contributed by atoms with Gasteiger partial charge in [-0.25, -0.2) is 9.59 Å². The molecule has 1 saturated heterocycles. The molecule has 2 aromatic heterocycles. The van der Waals surface area contributed by atoms with Crippen molar-refractivity contribution >= 4 is 29.1 Å². The fourth-order valence-electron chi connectivity index (χ4n) is 9.46. The molecule has 2 bridgehead atoms. The highest BCUT2D eigenvalue weighted by atomic mass is 32.1. The molecule has 288 valence electrons. The maximum Gasteiger partial charge on any atom is 0.367 e. The summed E-state index contributed by atoms with van der Waals surface area (Å²) in [4.78, 5) is 43.0. The number of aryl methyl sites for hydroxylation is 1. The second-order valence-electron chi connectivity index (χ2n) is 16.1. The van der Waals surface area contributed by atoms with Crippen molar-refractivity contribution in [2.24, 2.45) is 23.8 Å². The molecular formula is C41H48NO11S+. The lowest BCUT2D eigenvalue weighted by Gasteiger charge is -2.67. The number of carbonyl (C=O) groups is 3. The highest BCUT2D eigenvalue weighted by Gasteiger charge is 2.77. The minimum atomic E-state index is -2.18. The summed E-state index contributed by atoms with van der Waals surface area (Å²) in [6, 6.07) is 15.9. The fraction of sp³-hybridized carbons (Fsp3) is 0.512. The number of aliphatic hydroxyl groups excluding tert-OH is 2. The lowest BCUT2D eigenvalue weighted by Crippen LogP contribution is -2.81. The van der Waals surface area contributed by atoms with Crippen LogP contribution in [0.4, 0.5) is 0 Å². The topological polar surface area (TPSA) is 173 Å². The normalized spacial score (nSPS) is 35.3. The maximum absolute atomic E-state index is 15.2. The molecule has 0 radical (unpaired) electrons. The van der Waals surface area contributed by atoms with Crippen molar-refractivity contribution in [1.82, 2.24) is 0 Å². The van der Waals surface area contributed by atoms with Crippen molar-refractivity contribution < 1.29 is 58.3 Å². The summed E-state index contributed by atoms with van der Waals surface area (Å²) in [6.45, 7) is 7.93. The van der Waals surface area contributed by atoms with Crippen LogP contribution in [0.25, 0.3) is 0 Å². The number of carbonyl (C=O) groups excluding carboxylic acids is 3. The van der Waals surface area contributed by atoms with Gasteiger partial charge in [0.2, 0.25) is 0 Å². The van der Waals surface area contributed by atoms with Gasteiger partial charge in [0.1, 0.15) is 42.7 Å². The maximum atomic E-state index is 15.2. The van der Waals surface area contributed by atoms with Gasteiger partial charge in [0.15, 0.2) is 18.1 Å². The monoisotopic (exact) mass is 762 g/mol. The molecule has 9 unspecified atom stereocenters. The third kappa shape index (κ3) is 5.74. The number of fused-ring (bicyclic) bond motifs is 5. The number of thiophene rings is 1. The zero-order chi connectivity index (χ0) is 39.0. The average Bonchev–Trinajstić information content (AvgIpc) is 3.69. The minimum absolute atomic E-state index is 0.0552. The smallest absolute Gasteiger partial charge is 0.367 e. The van der Waals surface area contributed by atoms with Crippen molar-refractivity contribution in [3.05, 3.63) is 93.8 Å². The molecule has 0 amide bonds. The number of aromatic nitrogens is 1. The Morgan fingerprint density at radius 3 is 2.37 bits per heavy atom. The molecular weight excluding hydrogens is 715 g/mol. The van der Waals surface area contributed by atoms with E-state index in [4.69, 9.17) is 18.9 Å². The molecule has 11 atom stereocenters. The molecule has 1 aliphatic heterocycles. The van der Waals surface area contributed by atoms with Crippen molar-refractivity contribution in [3.63, 3.8) is 0 Å². The van der Waals surface area contributed by atoms with Crippen molar-refractivity contribution in [2.75, 3.05) is 6.61 Å². The SMILES string of the molecule is CC1=C2C(O)C(=O)[C@]3(C)C(Oc4cccc[n+]4C)CC4OCC4(O)C3C(OC(=O)c3ccsc3)C(O)(CC1OC(=O)C(O)[C@@H](C)c1ccccc1)C2(C)C. The van der Waals surface area contributed by atoms with Crippen LogP contribution in [0, 0.1) is 16.7 Å². The molecule has 54 heavy (non-hydrogen) atoms. The first-order valence-electron chi connectivity index (χ1n) is 18.2. The van der Waals surface area contributed by atoms with E-state index in [1.165, 1.54) is 11.3 Å². The average molecular weight is 763 g/mol. The van der Waals surface area contributed by atoms with Gasteiger partial charge in [-0.3, -0.25) is 4.79 Å². The second-order valence-corrected chi connectivity index (χ2v) is 16.8. The highest BCUT2D eigenvalue weighted by molar-refractivity contribution is 7.08. The van der Waals surface area contributed by atoms with Crippen molar-refractivity contribution in [1.29, 1.82) is 0 Å². The van der Waals surface area contributed by atoms with E-state index in [-0.39, 0.29) is 30.6 Å². The molecule has 3 aromatic rings. The van der Waals surface area contributed by atoms with Gasteiger partial charge < -0.3 is 39.4 Å². The Morgan fingerprint density at radius 1 is 1.04 bits per heavy atom. The zero-order valence-corrected chi connectivity index (χ0v) is 32.0. The lowest BCUT2D eigenvalue weighted by atomic mass is 9.44. The Kier molecular flexibility index (Phi) is 9.68. The molecule has 2 saturated carbocycles. The number of benzene rings is 1. The third-order valence-corrected chi connectivity index (χ3v) is 13.6. The zero-order valence-electron chi connectivity index (χ0n) is 31.2. The van der Waals surface area contributed by atoms with Crippen LogP contribution in [0.3, 0.4) is 0 Å². The van der Waals surface area contributed by atoms with Crippen LogP contribution in [0.15, 0.2) is 82.7 Å². The standard InChI is InChI=1S/C41H48NO11S/c1-22(24-12-8-7-9-13-24)31(43)37(47)51-26-19-41(49)35(53-36(46)25-15-17-54-20-25)33-39(5,34(45)32(44)30(23(26)2)38(41,3)4)27(18-28-40(33,48)21-50-28)52-29-14-10-11-16-42(29)6/h7-17,20,22,26-28,31-33,35,43-44,48-49H,18-19,21H2,1-6H3/q+1/t22-,26?,27?,28?,31?,32?,33?,35?,39+,40?,41?/m0/s1. The summed E-state index contributed by atoms with van der Waals surface area (Å²) in [7, 11) is 1.77. The Morgan fingerprint density at radius 2 is 1.74 bits per heavy atom. The van der Waals surface area contributed by atoms with Gasteiger partial charge in [0.25, 0.3) is 0 Å². The van der Waals surface area contributed by atoms with E-state index in [9.17, 15) is 30.0 Å². The van der Waals surface area contributed by atoms with Crippen LogP contribution in [0.1, 0.15) is 69.3 Å². The van der Waals surface area contributed by atoms with E-state index in [1.54, 1.807) is 106 Å². The Balaban J connectivity index is 1.39. The van der Waals surface area contributed by atoms with Crippen LogP contribution in [-0.4, -0.2) is 92.6 Å². The summed E-state index contributed by atoms with van der Waals surface area (Å²) in [5, 5.41) is 52.8. The largest absolute Gasteiger partial charge is 0.456 e. The van der Waals surface area contributed by atoms with Crippen LogP contribution in [0.5, 0.6) is 5.88 Å². The summed E-state index contributed by atoms with van der Waals surface area (Å²) in [5.74, 6) is -4.13. The third-order valence-electron chi connectivity index (χ3n) is 12.9. The number of ketones is 1. The van der Waals surface area contributed by atoms with Gasteiger partial charge in [-0.15, -0.1) is 0 Å². The summed E-state index contributed by atoms with van der Waals surface area (Å²) >= 11 is 1.27. The molecule has 12 nitrogen and oxygen atoms in total. The Bertz CT molecular complexity index is 1970. The van der Waals surface area contributed by atoms with E-state index in [0.29, 0.717) is 17.0 Å². The first-order valence-corrected chi connectivity index (χ1v) is 19.2. The number of ether oxygens (including phenoxy) is 4. The van der Waals surface area contributed by atoms with E-state index < -0.39 is 88.2 Å². The molecule has 3 fully saturated rings. The molecule has 4 N–H and O–H groups in total. The Labute approximate surface area is 318 Å². The number of hydrogen-bond acceptors (Lipinski definition) is 12. The number of esters is 2.